The molecule has 1 saturated heterocycles. The summed E-state index contributed by atoms with van der Waals surface area (Å²) in [6, 6.07) is 9.35. The second-order valence-electron chi connectivity index (χ2n) is 6.57. The van der Waals surface area contributed by atoms with Crippen LogP contribution < -0.4 is 0 Å². The fourth-order valence-corrected chi connectivity index (χ4v) is 3.28. The Morgan fingerprint density at radius 2 is 1.93 bits per heavy atom. The normalized spacial score (nSPS) is 14.6. The molecule has 1 aromatic heterocycles. The van der Waals surface area contributed by atoms with Crippen molar-refractivity contribution in [2.75, 3.05) is 19.6 Å². The lowest BCUT2D eigenvalue weighted by atomic mass is 9.94. The smallest absolute Gasteiger partial charge is 0.289 e. The molecule has 0 atom stereocenters. The summed E-state index contributed by atoms with van der Waals surface area (Å²) in [5.74, 6) is 2.15. The van der Waals surface area contributed by atoms with E-state index in [2.05, 4.69) is 5.92 Å². The van der Waals surface area contributed by atoms with Gasteiger partial charge in [0.1, 0.15) is 5.82 Å². The van der Waals surface area contributed by atoms with Gasteiger partial charge in [0.2, 0.25) is 5.91 Å². The van der Waals surface area contributed by atoms with Gasteiger partial charge in [0.15, 0.2) is 5.76 Å². The van der Waals surface area contributed by atoms with Gasteiger partial charge in [-0.3, -0.25) is 9.59 Å². The first-order valence-corrected chi connectivity index (χ1v) is 8.88. The van der Waals surface area contributed by atoms with Crippen LogP contribution >= 0.6 is 0 Å². The summed E-state index contributed by atoms with van der Waals surface area (Å²) in [6.45, 7) is 1.53. The van der Waals surface area contributed by atoms with Crippen molar-refractivity contribution in [3.63, 3.8) is 0 Å². The third kappa shape index (κ3) is 4.56. The molecule has 0 spiro atoms. The molecule has 1 aliphatic rings. The number of amides is 2. The second kappa shape index (κ2) is 8.54. The van der Waals surface area contributed by atoms with Gasteiger partial charge in [-0.1, -0.05) is 18.1 Å². The maximum absolute atomic E-state index is 13.1. The van der Waals surface area contributed by atoms with Crippen LogP contribution in [0.15, 0.2) is 47.1 Å². The number of furan rings is 1. The van der Waals surface area contributed by atoms with E-state index in [9.17, 15) is 14.0 Å². The highest BCUT2D eigenvalue weighted by Crippen LogP contribution is 2.22. The van der Waals surface area contributed by atoms with Crippen molar-refractivity contribution < 1.29 is 18.4 Å². The van der Waals surface area contributed by atoms with Gasteiger partial charge in [0.05, 0.1) is 12.8 Å². The Labute approximate surface area is 157 Å². The molecule has 1 fully saturated rings. The van der Waals surface area contributed by atoms with Gasteiger partial charge in [-0.25, -0.2) is 4.39 Å². The molecule has 1 aliphatic heterocycles. The zero-order chi connectivity index (χ0) is 19.2. The Hall–Kier alpha value is -3.07. The van der Waals surface area contributed by atoms with E-state index in [1.165, 1.54) is 18.4 Å². The van der Waals surface area contributed by atoms with Gasteiger partial charge in [0.25, 0.3) is 5.91 Å². The van der Waals surface area contributed by atoms with Crippen molar-refractivity contribution >= 4 is 11.8 Å². The van der Waals surface area contributed by atoms with Gasteiger partial charge in [-0.15, -0.1) is 6.42 Å². The van der Waals surface area contributed by atoms with E-state index in [-0.39, 0.29) is 30.1 Å². The lowest BCUT2D eigenvalue weighted by molar-refractivity contribution is -0.136. The van der Waals surface area contributed by atoms with E-state index < -0.39 is 0 Å². The molecule has 3 rings (SSSR count). The first-order chi connectivity index (χ1) is 13.1. The number of carbonyl (C=O) groups is 2. The monoisotopic (exact) mass is 368 g/mol. The van der Waals surface area contributed by atoms with Crippen LogP contribution in [0.5, 0.6) is 0 Å². The van der Waals surface area contributed by atoms with Gasteiger partial charge < -0.3 is 14.2 Å². The Bertz CT molecular complexity index is 816. The van der Waals surface area contributed by atoms with Crippen LogP contribution in [0.4, 0.5) is 4.39 Å². The van der Waals surface area contributed by atoms with Crippen molar-refractivity contribution in [2.24, 2.45) is 5.92 Å². The third-order valence-corrected chi connectivity index (χ3v) is 4.74. The SMILES string of the molecule is C#CCN(Cc1ccc(F)cc1)C(=O)C1CCN(C(=O)c2ccco2)CC1. The molecule has 27 heavy (non-hydrogen) atoms. The van der Waals surface area contributed by atoms with E-state index in [4.69, 9.17) is 10.8 Å². The summed E-state index contributed by atoms with van der Waals surface area (Å²) in [4.78, 5) is 28.5. The summed E-state index contributed by atoms with van der Waals surface area (Å²) in [5.41, 5.74) is 0.824. The summed E-state index contributed by atoms with van der Waals surface area (Å²) < 4.78 is 18.2. The van der Waals surface area contributed by atoms with Crippen molar-refractivity contribution in [3.8, 4) is 12.3 Å². The first kappa shape index (κ1) is 18.7. The molecule has 2 heterocycles. The predicted octanol–water partition coefficient (Wildman–Crippen LogP) is 2.93. The summed E-state index contributed by atoms with van der Waals surface area (Å²) in [5, 5.41) is 0. The highest BCUT2D eigenvalue weighted by Gasteiger charge is 2.31. The molecular formula is C21H21FN2O3. The number of hydrogen-bond acceptors (Lipinski definition) is 3. The second-order valence-corrected chi connectivity index (χ2v) is 6.57. The highest BCUT2D eigenvalue weighted by molar-refractivity contribution is 5.91. The number of rotatable bonds is 5. The lowest BCUT2D eigenvalue weighted by Crippen LogP contribution is -2.44. The maximum atomic E-state index is 13.1. The molecule has 5 nitrogen and oxygen atoms in total. The lowest BCUT2D eigenvalue weighted by Gasteiger charge is -2.33. The molecular weight excluding hydrogens is 347 g/mol. The Morgan fingerprint density at radius 1 is 1.22 bits per heavy atom. The number of halogens is 1. The molecule has 2 amide bonds. The van der Waals surface area contributed by atoms with Crippen LogP contribution in [0, 0.1) is 24.1 Å². The molecule has 0 saturated carbocycles. The van der Waals surface area contributed by atoms with Crippen LogP contribution in [-0.4, -0.2) is 41.2 Å². The fraction of sp³-hybridized carbons (Fsp3) is 0.333. The molecule has 140 valence electrons. The number of carbonyl (C=O) groups excluding carboxylic acids is 2. The molecule has 6 heteroatoms. The van der Waals surface area contributed by atoms with E-state index in [0.29, 0.717) is 38.2 Å². The van der Waals surface area contributed by atoms with Crippen LogP contribution in [0.2, 0.25) is 0 Å². The zero-order valence-electron chi connectivity index (χ0n) is 14.9. The van der Waals surface area contributed by atoms with Crippen molar-refractivity contribution in [2.45, 2.75) is 19.4 Å². The minimum Gasteiger partial charge on any atom is -0.459 e. The van der Waals surface area contributed by atoms with Crippen molar-refractivity contribution in [3.05, 3.63) is 59.8 Å². The highest BCUT2D eigenvalue weighted by atomic mass is 19.1. The van der Waals surface area contributed by atoms with Crippen LogP contribution in [0.3, 0.4) is 0 Å². The standard InChI is InChI=1S/C21H21FN2O3/c1-2-11-24(15-16-5-7-18(22)8-6-16)20(25)17-9-12-23(13-10-17)21(26)19-4-3-14-27-19/h1,3-8,14,17H,9-13,15H2. The minimum absolute atomic E-state index is 0.0256. The van der Waals surface area contributed by atoms with E-state index in [0.717, 1.165) is 5.56 Å². The van der Waals surface area contributed by atoms with Gasteiger partial charge in [0, 0.05) is 25.6 Å². The van der Waals surface area contributed by atoms with E-state index in [1.807, 2.05) is 0 Å². The quantitative estimate of drug-likeness (QED) is 0.763. The maximum Gasteiger partial charge on any atom is 0.289 e. The van der Waals surface area contributed by atoms with Gasteiger partial charge in [-0.2, -0.15) is 0 Å². The van der Waals surface area contributed by atoms with E-state index >= 15 is 0 Å². The molecule has 0 radical (unpaired) electrons. The first-order valence-electron chi connectivity index (χ1n) is 8.88. The average Bonchev–Trinajstić information content (AvgIpc) is 3.23. The Kier molecular flexibility index (Phi) is 5.92. The number of likely N-dealkylation sites (tertiary alicyclic amines) is 1. The Balaban J connectivity index is 1.59. The fourth-order valence-electron chi connectivity index (χ4n) is 3.28. The van der Waals surface area contributed by atoms with Crippen molar-refractivity contribution in [1.29, 1.82) is 0 Å². The molecule has 0 bridgehead atoms. The van der Waals surface area contributed by atoms with Gasteiger partial charge >= 0.3 is 0 Å². The predicted molar refractivity (Wildman–Crippen MR) is 98.0 cm³/mol. The number of nitrogens with zero attached hydrogens (tertiary/aromatic N) is 2. The van der Waals surface area contributed by atoms with Crippen LogP contribution in [0.25, 0.3) is 0 Å². The van der Waals surface area contributed by atoms with E-state index in [1.54, 1.807) is 34.1 Å². The van der Waals surface area contributed by atoms with Crippen LogP contribution in [0.1, 0.15) is 29.0 Å². The number of piperidine rings is 1. The molecule has 0 N–H and O–H groups in total. The third-order valence-electron chi connectivity index (χ3n) is 4.74. The summed E-state index contributed by atoms with van der Waals surface area (Å²) >= 11 is 0. The minimum atomic E-state index is -0.317. The average molecular weight is 368 g/mol. The van der Waals surface area contributed by atoms with Crippen molar-refractivity contribution in [1.82, 2.24) is 9.80 Å². The molecule has 0 unspecified atom stereocenters. The number of hydrogen-bond donors (Lipinski definition) is 0. The largest absolute Gasteiger partial charge is 0.459 e. The Morgan fingerprint density at radius 3 is 2.52 bits per heavy atom. The number of benzene rings is 1. The van der Waals surface area contributed by atoms with Gasteiger partial charge in [-0.05, 0) is 42.7 Å². The molecule has 2 aromatic rings. The summed E-state index contributed by atoms with van der Waals surface area (Å²) in [6.07, 6.45) is 8.05. The summed E-state index contributed by atoms with van der Waals surface area (Å²) in [7, 11) is 0. The van der Waals surface area contributed by atoms with Crippen LogP contribution in [-0.2, 0) is 11.3 Å². The molecule has 1 aromatic carbocycles. The molecule has 0 aliphatic carbocycles. The topological polar surface area (TPSA) is 53.8 Å². The number of terminal acetylenes is 1. The zero-order valence-corrected chi connectivity index (χ0v) is 14.9.